The minimum Gasteiger partial charge on any atom is -0.391 e. The molecule has 0 aliphatic rings. The molecule has 7 heteroatoms. The Kier molecular flexibility index (Phi) is 3.61. The van der Waals surface area contributed by atoms with Crippen LogP contribution in [0.3, 0.4) is 0 Å². The molecule has 1 aromatic carbocycles. The van der Waals surface area contributed by atoms with Crippen LogP contribution in [-0.2, 0) is 0 Å². The van der Waals surface area contributed by atoms with E-state index >= 15 is 0 Å². The van der Waals surface area contributed by atoms with Gasteiger partial charge in [0.05, 0.1) is 5.52 Å². The molecular formula is C16H11F2N3O2. The molecule has 0 spiro atoms. The first-order valence-corrected chi connectivity index (χ1v) is 6.64. The Morgan fingerprint density at radius 2 is 2.00 bits per heavy atom. The van der Waals surface area contributed by atoms with Gasteiger partial charge in [0.25, 0.3) is 0 Å². The molecule has 0 bridgehead atoms. The number of aryl methyl sites for hydroxylation is 1. The fourth-order valence-corrected chi connectivity index (χ4v) is 2.36. The van der Waals surface area contributed by atoms with Crippen molar-refractivity contribution in [1.29, 1.82) is 0 Å². The van der Waals surface area contributed by atoms with Crippen LogP contribution in [0.5, 0.6) is 5.88 Å². The van der Waals surface area contributed by atoms with Gasteiger partial charge in [0.2, 0.25) is 5.88 Å². The molecular weight excluding hydrogens is 304 g/mol. The molecule has 2 N–H and O–H groups in total. The van der Waals surface area contributed by atoms with E-state index in [2.05, 4.69) is 9.97 Å². The van der Waals surface area contributed by atoms with E-state index in [-0.39, 0.29) is 16.8 Å². The monoisotopic (exact) mass is 315 g/mol. The molecule has 1 amide bonds. The van der Waals surface area contributed by atoms with Crippen LogP contribution < -0.4 is 10.5 Å². The maximum atomic E-state index is 14.2. The highest BCUT2D eigenvalue weighted by Crippen LogP contribution is 2.31. The molecule has 3 aromatic rings. The summed E-state index contributed by atoms with van der Waals surface area (Å²) in [5, 5.41) is 0.193. The Morgan fingerprint density at radius 1 is 1.22 bits per heavy atom. The number of carbonyl (C=O) groups is 1. The second kappa shape index (κ2) is 5.60. The molecule has 5 nitrogen and oxygen atoms in total. The van der Waals surface area contributed by atoms with Crippen LogP contribution in [0.2, 0.25) is 0 Å². The second-order valence-corrected chi connectivity index (χ2v) is 4.91. The number of fused-ring (bicyclic) bond motifs is 1. The number of aromatic nitrogens is 2. The second-order valence-electron chi connectivity index (χ2n) is 4.91. The quantitative estimate of drug-likeness (QED) is 0.786. The zero-order valence-electron chi connectivity index (χ0n) is 12.0. The van der Waals surface area contributed by atoms with Crippen molar-refractivity contribution in [3.05, 3.63) is 53.9 Å². The Hall–Kier alpha value is -3.09. The molecule has 0 atom stereocenters. The van der Waals surface area contributed by atoms with E-state index in [9.17, 15) is 13.6 Å². The van der Waals surface area contributed by atoms with Crippen LogP contribution in [0.4, 0.5) is 13.6 Å². The van der Waals surface area contributed by atoms with Gasteiger partial charge >= 0.3 is 6.09 Å². The maximum Gasteiger partial charge on any atom is 0.411 e. The summed E-state index contributed by atoms with van der Waals surface area (Å²) in [6.45, 7) is 1.67. The number of amides is 1. The summed E-state index contributed by atoms with van der Waals surface area (Å²) >= 11 is 0. The minimum atomic E-state index is -0.968. The molecule has 0 fully saturated rings. The predicted molar refractivity (Wildman–Crippen MR) is 79.8 cm³/mol. The fourth-order valence-electron chi connectivity index (χ4n) is 2.36. The Morgan fingerprint density at radius 3 is 2.70 bits per heavy atom. The molecule has 0 aliphatic heterocycles. The van der Waals surface area contributed by atoms with Crippen LogP contribution >= 0.6 is 0 Å². The van der Waals surface area contributed by atoms with Crippen molar-refractivity contribution in [3.8, 4) is 17.0 Å². The summed E-state index contributed by atoms with van der Waals surface area (Å²) < 4.78 is 32.2. The predicted octanol–water partition coefficient (Wildman–Crippen LogP) is 3.34. The number of halogens is 2. The van der Waals surface area contributed by atoms with Gasteiger partial charge in [0, 0.05) is 41.0 Å². The smallest absolute Gasteiger partial charge is 0.391 e. The molecule has 0 radical (unpaired) electrons. The summed E-state index contributed by atoms with van der Waals surface area (Å²) in [6, 6.07) is 5.24. The zero-order valence-corrected chi connectivity index (χ0v) is 12.0. The number of hydrogen-bond acceptors (Lipinski definition) is 4. The van der Waals surface area contributed by atoms with Gasteiger partial charge in [-0.05, 0) is 24.6 Å². The highest BCUT2D eigenvalue weighted by Gasteiger charge is 2.13. The van der Waals surface area contributed by atoms with E-state index in [0.29, 0.717) is 16.7 Å². The van der Waals surface area contributed by atoms with Gasteiger partial charge in [-0.2, -0.15) is 0 Å². The largest absolute Gasteiger partial charge is 0.411 e. The Bertz CT molecular complexity index is 929. The first-order chi connectivity index (χ1) is 11.0. The van der Waals surface area contributed by atoms with Gasteiger partial charge in [-0.25, -0.2) is 18.6 Å². The van der Waals surface area contributed by atoms with E-state index in [4.69, 9.17) is 10.5 Å². The van der Waals surface area contributed by atoms with Crippen molar-refractivity contribution in [3.63, 3.8) is 0 Å². The number of benzene rings is 1. The molecule has 3 rings (SSSR count). The van der Waals surface area contributed by atoms with E-state index in [0.717, 1.165) is 12.1 Å². The first-order valence-electron chi connectivity index (χ1n) is 6.64. The van der Waals surface area contributed by atoms with Crippen molar-refractivity contribution >= 4 is 17.0 Å². The summed E-state index contributed by atoms with van der Waals surface area (Å²) in [4.78, 5) is 18.8. The summed E-state index contributed by atoms with van der Waals surface area (Å²) in [7, 11) is 0. The summed E-state index contributed by atoms with van der Waals surface area (Å²) in [5.74, 6) is -1.33. The summed E-state index contributed by atoms with van der Waals surface area (Å²) in [6.07, 6.45) is 1.91. The first kappa shape index (κ1) is 14.8. The van der Waals surface area contributed by atoms with Crippen LogP contribution in [0, 0.1) is 18.6 Å². The van der Waals surface area contributed by atoms with Crippen LogP contribution in [0.1, 0.15) is 5.56 Å². The topological polar surface area (TPSA) is 78.1 Å². The van der Waals surface area contributed by atoms with Crippen molar-refractivity contribution in [2.45, 2.75) is 6.92 Å². The molecule has 0 unspecified atom stereocenters. The lowest BCUT2D eigenvalue weighted by atomic mass is 10.0. The number of carbonyl (C=O) groups excluding carboxylic acids is 1. The maximum absolute atomic E-state index is 14.2. The number of primary amides is 1. The molecule has 2 aromatic heterocycles. The van der Waals surface area contributed by atoms with Gasteiger partial charge in [-0.3, -0.25) is 4.98 Å². The van der Waals surface area contributed by atoms with Crippen molar-refractivity contribution < 1.29 is 18.3 Å². The van der Waals surface area contributed by atoms with Crippen molar-refractivity contribution in [2.75, 3.05) is 0 Å². The van der Waals surface area contributed by atoms with Gasteiger partial charge in [-0.15, -0.1) is 0 Å². The van der Waals surface area contributed by atoms with Crippen molar-refractivity contribution in [1.82, 2.24) is 9.97 Å². The lowest BCUT2D eigenvalue weighted by Gasteiger charge is -2.10. The number of nitrogens with two attached hydrogens (primary N) is 1. The molecule has 116 valence electrons. The standard InChI is InChI=1S/C16H11F2N3O2/c1-8-4-9(7-21-15(8)23-16(19)22)11-2-3-20-13-6-10(17)5-12(18)14(11)13/h2-7H,1H3,(H2,19,22). The molecule has 0 saturated carbocycles. The number of hydrogen-bond donors (Lipinski definition) is 1. The number of ether oxygens (including phenoxy) is 1. The SMILES string of the molecule is Cc1cc(-c2ccnc3cc(F)cc(F)c23)cnc1OC(N)=O. The summed E-state index contributed by atoms with van der Waals surface area (Å²) in [5.41, 5.74) is 6.80. The average molecular weight is 315 g/mol. The van der Waals surface area contributed by atoms with Crippen LogP contribution in [0.25, 0.3) is 22.0 Å². The average Bonchev–Trinajstić information content (AvgIpc) is 2.48. The van der Waals surface area contributed by atoms with E-state index < -0.39 is 17.7 Å². The van der Waals surface area contributed by atoms with Crippen LogP contribution in [0.15, 0.2) is 36.7 Å². The Balaban J connectivity index is 2.17. The number of nitrogens with zero attached hydrogens (tertiary/aromatic N) is 2. The minimum absolute atomic E-state index is 0.0751. The normalized spacial score (nSPS) is 10.7. The van der Waals surface area contributed by atoms with Crippen molar-refractivity contribution in [2.24, 2.45) is 5.73 Å². The highest BCUT2D eigenvalue weighted by molar-refractivity contribution is 5.94. The Labute approximate surface area is 129 Å². The van der Waals surface area contributed by atoms with E-state index in [1.165, 1.54) is 12.4 Å². The van der Waals surface area contributed by atoms with E-state index in [1.54, 1.807) is 19.1 Å². The molecule has 23 heavy (non-hydrogen) atoms. The number of rotatable bonds is 2. The third-order valence-corrected chi connectivity index (χ3v) is 3.30. The molecule has 0 aliphatic carbocycles. The fraction of sp³-hybridized carbons (Fsp3) is 0.0625. The number of pyridine rings is 2. The third-order valence-electron chi connectivity index (χ3n) is 3.30. The lowest BCUT2D eigenvalue weighted by molar-refractivity contribution is 0.208. The van der Waals surface area contributed by atoms with Crippen LogP contribution in [-0.4, -0.2) is 16.1 Å². The van der Waals surface area contributed by atoms with Gasteiger partial charge < -0.3 is 10.5 Å². The molecule has 2 heterocycles. The zero-order chi connectivity index (χ0) is 16.6. The van der Waals surface area contributed by atoms with Gasteiger partial charge in [0.1, 0.15) is 11.6 Å². The van der Waals surface area contributed by atoms with Gasteiger partial charge in [-0.1, -0.05) is 0 Å². The lowest BCUT2D eigenvalue weighted by Crippen LogP contribution is -2.17. The molecule has 0 saturated heterocycles. The van der Waals surface area contributed by atoms with E-state index in [1.807, 2.05) is 0 Å². The third kappa shape index (κ3) is 2.80. The highest BCUT2D eigenvalue weighted by atomic mass is 19.1. The van der Waals surface area contributed by atoms with Gasteiger partial charge in [0.15, 0.2) is 0 Å².